The Hall–Kier alpha value is -0.200. The average molecular weight is 238 g/mol. The van der Waals surface area contributed by atoms with E-state index in [1.807, 2.05) is 6.92 Å². The summed E-state index contributed by atoms with van der Waals surface area (Å²) in [6, 6.07) is 0. The number of unbranched alkanes of at least 4 members (excludes halogenated alkanes) is 1. The maximum Gasteiger partial charge on any atom is 0.211 e. The lowest BCUT2D eigenvalue weighted by Gasteiger charge is -2.04. The van der Waals surface area contributed by atoms with Crippen molar-refractivity contribution in [2.75, 3.05) is 12.3 Å². The number of rotatable bonds is 8. The molecule has 0 atom stereocenters. The highest BCUT2D eigenvalue weighted by atomic mass is 32.2. The third-order valence-electron chi connectivity index (χ3n) is 1.64. The van der Waals surface area contributed by atoms with Gasteiger partial charge >= 0.3 is 0 Å². The monoisotopic (exact) mass is 238 g/mol. The van der Waals surface area contributed by atoms with Gasteiger partial charge in [0.2, 0.25) is 10.0 Å². The van der Waals surface area contributed by atoms with E-state index in [1.54, 1.807) is 0 Å². The van der Waals surface area contributed by atoms with Gasteiger partial charge in [0.05, 0.1) is 10.7 Å². The van der Waals surface area contributed by atoms with E-state index in [0.717, 1.165) is 12.8 Å². The lowest BCUT2D eigenvalue weighted by atomic mass is 10.2. The fraction of sp³-hybridized carbons (Fsp3) is 0.875. The number of hydrogen-bond acceptors (Lipinski definition) is 3. The van der Waals surface area contributed by atoms with Crippen LogP contribution >= 0.6 is 12.2 Å². The highest BCUT2D eigenvalue weighted by Gasteiger charge is 2.06. The Labute approximate surface area is 91.3 Å². The van der Waals surface area contributed by atoms with Crippen molar-refractivity contribution in [2.24, 2.45) is 5.73 Å². The van der Waals surface area contributed by atoms with E-state index < -0.39 is 10.0 Å². The minimum Gasteiger partial charge on any atom is -0.393 e. The van der Waals surface area contributed by atoms with Crippen molar-refractivity contribution in [3.63, 3.8) is 0 Å². The van der Waals surface area contributed by atoms with Crippen LogP contribution < -0.4 is 10.5 Å². The van der Waals surface area contributed by atoms with Crippen LogP contribution in [0, 0.1) is 0 Å². The molecule has 3 N–H and O–H groups in total. The first-order valence-corrected chi connectivity index (χ1v) is 6.79. The zero-order valence-corrected chi connectivity index (χ0v) is 10.1. The summed E-state index contributed by atoms with van der Waals surface area (Å²) in [5.41, 5.74) is 5.30. The summed E-state index contributed by atoms with van der Waals surface area (Å²) in [5.74, 6) is 0.197. The summed E-state index contributed by atoms with van der Waals surface area (Å²) < 4.78 is 24.9. The molecule has 0 radical (unpaired) electrons. The standard InChI is InChI=1S/C8H18N2O2S2/c1-2-7-14(11,12)10-6-4-3-5-8(9)13/h10H,2-7H2,1H3,(H2,9,13). The number of nitrogens with one attached hydrogen (secondary N) is 1. The first kappa shape index (κ1) is 13.8. The van der Waals surface area contributed by atoms with Crippen molar-refractivity contribution in [1.29, 1.82) is 0 Å². The molecule has 0 spiro atoms. The molecule has 0 aliphatic carbocycles. The largest absolute Gasteiger partial charge is 0.393 e. The van der Waals surface area contributed by atoms with Crippen LogP contribution in [0.1, 0.15) is 32.6 Å². The topological polar surface area (TPSA) is 72.2 Å². The van der Waals surface area contributed by atoms with Gasteiger partial charge in [0.15, 0.2) is 0 Å². The maximum absolute atomic E-state index is 11.2. The van der Waals surface area contributed by atoms with Crippen molar-refractivity contribution in [2.45, 2.75) is 32.6 Å². The fourth-order valence-electron chi connectivity index (χ4n) is 0.993. The van der Waals surface area contributed by atoms with Gasteiger partial charge in [-0.2, -0.15) is 0 Å². The molecule has 0 heterocycles. The normalized spacial score (nSPS) is 11.5. The molecule has 6 heteroatoms. The Morgan fingerprint density at radius 3 is 2.57 bits per heavy atom. The van der Waals surface area contributed by atoms with E-state index in [1.165, 1.54) is 0 Å². The highest BCUT2D eigenvalue weighted by molar-refractivity contribution is 7.89. The van der Waals surface area contributed by atoms with Crippen LogP contribution in [0.3, 0.4) is 0 Å². The average Bonchev–Trinajstić information content (AvgIpc) is 2.02. The molecule has 0 aliphatic rings. The highest BCUT2D eigenvalue weighted by Crippen LogP contribution is 1.95. The Kier molecular flexibility index (Phi) is 7.04. The van der Waals surface area contributed by atoms with Gasteiger partial charge in [-0.1, -0.05) is 19.1 Å². The molecule has 14 heavy (non-hydrogen) atoms. The Balaban J connectivity index is 3.49. The van der Waals surface area contributed by atoms with Crippen LogP contribution in [0.5, 0.6) is 0 Å². The van der Waals surface area contributed by atoms with Gasteiger partial charge in [-0.25, -0.2) is 13.1 Å². The van der Waals surface area contributed by atoms with Crippen LogP contribution in [0.4, 0.5) is 0 Å². The van der Waals surface area contributed by atoms with Crippen molar-refractivity contribution in [3.8, 4) is 0 Å². The second kappa shape index (κ2) is 7.14. The van der Waals surface area contributed by atoms with Crippen molar-refractivity contribution < 1.29 is 8.42 Å². The summed E-state index contributed by atoms with van der Waals surface area (Å²) in [5, 5.41) is 0. The zero-order valence-electron chi connectivity index (χ0n) is 8.45. The summed E-state index contributed by atoms with van der Waals surface area (Å²) in [4.78, 5) is 0.487. The predicted octanol–water partition coefficient (Wildman–Crippen LogP) is 0.772. The summed E-state index contributed by atoms with van der Waals surface area (Å²) in [6.45, 7) is 2.32. The van der Waals surface area contributed by atoms with E-state index in [2.05, 4.69) is 4.72 Å². The molecule has 0 fully saturated rings. The first-order valence-electron chi connectivity index (χ1n) is 4.73. The molecule has 0 saturated heterocycles. The molecule has 0 aromatic carbocycles. The van der Waals surface area contributed by atoms with E-state index in [0.29, 0.717) is 24.4 Å². The minimum absolute atomic E-state index is 0.197. The molecule has 0 amide bonds. The van der Waals surface area contributed by atoms with Gasteiger partial charge < -0.3 is 5.73 Å². The van der Waals surface area contributed by atoms with Gasteiger partial charge in [-0.05, 0) is 25.7 Å². The van der Waals surface area contributed by atoms with Crippen molar-refractivity contribution in [3.05, 3.63) is 0 Å². The third kappa shape index (κ3) is 8.40. The van der Waals surface area contributed by atoms with E-state index in [4.69, 9.17) is 18.0 Å². The van der Waals surface area contributed by atoms with Crippen LogP contribution in [-0.2, 0) is 10.0 Å². The Morgan fingerprint density at radius 1 is 1.43 bits per heavy atom. The van der Waals surface area contributed by atoms with Gasteiger partial charge in [-0.3, -0.25) is 0 Å². The smallest absolute Gasteiger partial charge is 0.211 e. The van der Waals surface area contributed by atoms with Crippen molar-refractivity contribution >= 4 is 27.2 Å². The minimum atomic E-state index is -3.05. The predicted molar refractivity (Wildman–Crippen MR) is 62.7 cm³/mol. The number of nitrogens with two attached hydrogens (primary N) is 1. The number of sulfonamides is 1. The molecule has 0 aromatic heterocycles. The Bertz CT molecular complexity index is 263. The molecule has 0 aromatic rings. The lowest BCUT2D eigenvalue weighted by molar-refractivity contribution is 0.576. The fourth-order valence-corrected chi connectivity index (χ4v) is 2.27. The van der Waals surface area contributed by atoms with Gasteiger partial charge in [0.25, 0.3) is 0 Å². The zero-order chi connectivity index (χ0) is 11.0. The SMILES string of the molecule is CCCS(=O)(=O)NCCCCC(N)=S. The van der Waals surface area contributed by atoms with Crippen LogP contribution in [0.15, 0.2) is 0 Å². The molecular weight excluding hydrogens is 220 g/mol. The van der Waals surface area contributed by atoms with Gasteiger partial charge in [0.1, 0.15) is 0 Å². The molecule has 0 unspecified atom stereocenters. The van der Waals surface area contributed by atoms with Gasteiger partial charge in [0, 0.05) is 6.54 Å². The summed E-state index contributed by atoms with van der Waals surface area (Å²) in [7, 11) is -3.05. The third-order valence-corrected chi connectivity index (χ3v) is 3.44. The van der Waals surface area contributed by atoms with Crippen LogP contribution in [0.25, 0.3) is 0 Å². The summed E-state index contributed by atoms with van der Waals surface area (Å²) in [6.07, 6.45) is 2.94. The van der Waals surface area contributed by atoms with E-state index in [9.17, 15) is 8.42 Å². The lowest BCUT2D eigenvalue weighted by Crippen LogP contribution is -2.27. The van der Waals surface area contributed by atoms with Gasteiger partial charge in [-0.15, -0.1) is 0 Å². The van der Waals surface area contributed by atoms with Crippen LogP contribution in [0.2, 0.25) is 0 Å². The quantitative estimate of drug-likeness (QED) is 0.484. The molecular formula is C8H18N2O2S2. The van der Waals surface area contributed by atoms with E-state index in [-0.39, 0.29) is 5.75 Å². The molecule has 0 bridgehead atoms. The van der Waals surface area contributed by atoms with E-state index >= 15 is 0 Å². The molecule has 84 valence electrons. The van der Waals surface area contributed by atoms with Crippen LogP contribution in [-0.4, -0.2) is 25.7 Å². The first-order chi connectivity index (χ1) is 6.48. The molecule has 0 aliphatic heterocycles. The van der Waals surface area contributed by atoms with Crippen molar-refractivity contribution in [1.82, 2.24) is 4.72 Å². The number of hydrogen-bond donors (Lipinski definition) is 2. The molecule has 0 saturated carbocycles. The second-order valence-corrected chi connectivity index (χ2v) is 5.59. The maximum atomic E-state index is 11.2. The molecule has 0 rings (SSSR count). The number of thiocarbonyl (C=S) groups is 1. The second-order valence-electron chi connectivity index (χ2n) is 3.14. The molecule has 4 nitrogen and oxygen atoms in total. The Morgan fingerprint density at radius 2 is 2.07 bits per heavy atom. The summed E-state index contributed by atoms with van der Waals surface area (Å²) >= 11 is 4.70.